The molecule has 0 aromatic rings. The van der Waals surface area contributed by atoms with E-state index in [1.807, 2.05) is 0 Å². The van der Waals surface area contributed by atoms with Gasteiger partial charge in [-0.2, -0.15) is 8.42 Å². The fourth-order valence-corrected chi connectivity index (χ4v) is 2.98. The van der Waals surface area contributed by atoms with Gasteiger partial charge in [0.05, 0.1) is 12.9 Å². The Hall–Kier alpha value is -0.350. The van der Waals surface area contributed by atoms with Gasteiger partial charge in [0.2, 0.25) is 0 Å². The topological polar surface area (TPSA) is 43.4 Å². The Morgan fingerprint density at radius 3 is 1.61 bits per heavy atom. The third-order valence-electron chi connectivity index (χ3n) is 3.95. The van der Waals surface area contributed by atoms with E-state index in [0.29, 0.717) is 6.61 Å². The van der Waals surface area contributed by atoms with Crippen LogP contribution in [0.4, 0.5) is 0 Å². The van der Waals surface area contributed by atoms with Gasteiger partial charge in [-0.05, 0) is 32.1 Å². The molecule has 0 radical (unpaired) electrons. The van der Waals surface area contributed by atoms with Crippen LogP contribution in [0.5, 0.6) is 0 Å². The molecule has 0 aromatic carbocycles. The summed E-state index contributed by atoms with van der Waals surface area (Å²) in [4.78, 5) is 0. The van der Waals surface area contributed by atoms with E-state index in [4.69, 9.17) is 4.18 Å². The maximum Gasteiger partial charge on any atom is 0.264 e. The molecule has 0 aliphatic rings. The molecule has 0 aromatic heterocycles. The molecule has 0 amide bonds. The lowest BCUT2D eigenvalue weighted by Gasteiger charge is -2.01. The molecule has 0 atom stereocenters. The third kappa shape index (κ3) is 21.6. The number of hydrogen-bond donors (Lipinski definition) is 0. The molecule has 3 nitrogen and oxygen atoms in total. The Kier molecular flexibility index (Phi) is 16.3. The highest BCUT2D eigenvalue weighted by molar-refractivity contribution is 7.85. The molecular weight excluding hydrogens is 308 g/mol. The van der Waals surface area contributed by atoms with Crippen molar-refractivity contribution in [3.8, 4) is 0 Å². The number of hydrogen-bond acceptors (Lipinski definition) is 3. The number of allylic oxidation sites excluding steroid dienone is 2. The summed E-state index contributed by atoms with van der Waals surface area (Å²) in [7, 11) is -3.26. The van der Waals surface area contributed by atoms with Crippen molar-refractivity contribution in [3.05, 3.63) is 12.2 Å². The average Bonchev–Trinajstić information content (AvgIpc) is 2.49. The van der Waals surface area contributed by atoms with Crippen LogP contribution in [-0.4, -0.2) is 21.3 Å². The summed E-state index contributed by atoms with van der Waals surface area (Å²) >= 11 is 0. The van der Waals surface area contributed by atoms with Crippen LogP contribution in [0.2, 0.25) is 0 Å². The zero-order chi connectivity index (χ0) is 17.2. The SMILES string of the molecule is CCCCCCCCCCCC=CCCCCCOS(C)(=O)=O. The van der Waals surface area contributed by atoms with Gasteiger partial charge in [-0.1, -0.05) is 76.9 Å². The van der Waals surface area contributed by atoms with Crippen LogP contribution in [-0.2, 0) is 14.3 Å². The second kappa shape index (κ2) is 16.5. The highest BCUT2D eigenvalue weighted by atomic mass is 32.2. The van der Waals surface area contributed by atoms with Gasteiger partial charge in [0, 0.05) is 0 Å². The molecule has 0 aliphatic carbocycles. The summed E-state index contributed by atoms with van der Waals surface area (Å²) in [5.74, 6) is 0. The lowest BCUT2D eigenvalue weighted by Crippen LogP contribution is -2.03. The maximum atomic E-state index is 10.8. The van der Waals surface area contributed by atoms with E-state index in [0.717, 1.165) is 31.9 Å². The maximum absolute atomic E-state index is 10.8. The van der Waals surface area contributed by atoms with Crippen molar-refractivity contribution in [2.75, 3.05) is 12.9 Å². The molecule has 0 spiro atoms. The second-order valence-electron chi connectivity index (χ2n) is 6.46. The molecule has 138 valence electrons. The normalized spacial score (nSPS) is 12.3. The Bertz CT molecular complexity index is 361. The van der Waals surface area contributed by atoms with Gasteiger partial charge in [0.15, 0.2) is 0 Å². The molecule has 0 unspecified atom stereocenters. The molecule has 0 aliphatic heterocycles. The van der Waals surface area contributed by atoms with Crippen molar-refractivity contribution in [1.82, 2.24) is 0 Å². The molecule has 0 saturated carbocycles. The summed E-state index contributed by atoms with van der Waals surface area (Å²) in [6.45, 7) is 2.59. The summed E-state index contributed by atoms with van der Waals surface area (Å²) in [6, 6.07) is 0. The van der Waals surface area contributed by atoms with Crippen molar-refractivity contribution in [2.24, 2.45) is 0 Å². The van der Waals surface area contributed by atoms with E-state index in [-0.39, 0.29) is 0 Å². The first-order valence-electron chi connectivity index (χ1n) is 9.55. The van der Waals surface area contributed by atoms with Crippen molar-refractivity contribution in [3.63, 3.8) is 0 Å². The van der Waals surface area contributed by atoms with Gasteiger partial charge in [0.1, 0.15) is 0 Å². The second-order valence-corrected chi connectivity index (χ2v) is 8.11. The van der Waals surface area contributed by atoms with E-state index in [9.17, 15) is 8.42 Å². The van der Waals surface area contributed by atoms with Crippen LogP contribution in [0.3, 0.4) is 0 Å². The fourth-order valence-electron chi connectivity index (χ4n) is 2.56. The molecule has 0 heterocycles. The first-order valence-corrected chi connectivity index (χ1v) is 11.4. The van der Waals surface area contributed by atoms with Crippen LogP contribution in [0, 0.1) is 0 Å². The van der Waals surface area contributed by atoms with Gasteiger partial charge < -0.3 is 0 Å². The van der Waals surface area contributed by atoms with Crippen molar-refractivity contribution in [1.29, 1.82) is 0 Å². The number of rotatable bonds is 17. The minimum absolute atomic E-state index is 0.320. The van der Waals surface area contributed by atoms with Crippen LogP contribution in [0.15, 0.2) is 12.2 Å². The first kappa shape index (κ1) is 22.6. The summed E-state index contributed by atoms with van der Waals surface area (Å²) < 4.78 is 26.2. The lowest BCUT2D eigenvalue weighted by molar-refractivity contribution is 0.310. The highest BCUT2D eigenvalue weighted by Gasteiger charge is 1.99. The van der Waals surface area contributed by atoms with E-state index < -0.39 is 10.1 Å². The zero-order valence-corrected chi connectivity index (χ0v) is 16.2. The molecule has 0 rings (SSSR count). The fraction of sp³-hybridized carbons (Fsp3) is 0.895. The molecule has 0 saturated heterocycles. The Balaban J connectivity index is 3.14. The lowest BCUT2D eigenvalue weighted by atomic mass is 10.1. The predicted octanol–water partition coefficient (Wildman–Crippen LogP) is 6.00. The summed E-state index contributed by atoms with van der Waals surface area (Å²) in [5.41, 5.74) is 0. The van der Waals surface area contributed by atoms with E-state index in [1.165, 1.54) is 64.2 Å². The predicted molar refractivity (Wildman–Crippen MR) is 100 cm³/mol. The third-order valence-corrected chi connectivity index (χ3v) is 4.55. The molecule has 0 bridgehead atoms. The Labute approximate surface area is 145 Å². The van der Waals surface area contributed by atoms with Crippen molar-refractivity contribution in [2.45, 2.75) is 96.8 Å². The largest absolute Gasteiger partial charge is 0.270 e. The van der Waals surface area contributed by atoms with Gasteiger partial charge in [-0.25, -0.2) is 0 Å². The standard InChI is InChI=1S/C19H38O3S/c1-3-4-5-6-7-8-9-10-11-12-13-14-15-16-17-18-19-22-23(2,20)21/h13-14H,3-12,15-19H2,1-2H3. The Morgan fingerprint density at radius 1 is 0.696 bits per heavy atom. The monoisotopic (exact) mass is 346 g/mol. The summed E-state index contributed by atoms with van der Waals surface area (Å²) in [6.07, 6.45) is 23.4. The molecule has 23 heavy (non-hydrogen) atoms. The van der Waals surface area contributed by atoms with Gasteiger partial charge >= 0.3 is 0 Å². The summed E-state index contributed by atoms with van der Waals surface area (Å²) in [5, 5.41) is 0. The molecule has 4 heteroatoms. The van der Waals surface area contributed by atoms with Gasteiger partial charge in [-0.15, -0.1) is 0 Å². The van der Waals surface area contributed by atoms with Crippen LogP contribution in [0.1, 0.15) is 96.8 Å². The Morgan fingerprint density at radius 2 is 1.13 bits per heavy atom. The first-order chi connectivity index (χ1) is 11.1. The minimum atomic E-state index is -3.26. The van der Waals surface area contributed by atoms with E-state index >= 15 is 0 Å². The molecular formula is C19H38O3S. The number of unbranched alkanes of at least 4 members (excludes halogenated alkanes) is 12. The van der Waals surface area contributed by atoms with Crippen LogP contribution in [0.25, 0.3) is 0 Å². The van der Waals surface area contributed by atoms with Crippen molar-refractivity contribution < 1.29 is 12.6 Å². The average molecular weight is 347 g/mol. The molecule has 0 fully saturated rings. The quantitative estimate of drug-likeness (QED) is 0.184. The smallest absolute Gasteiger partial charge is 0.264 e. The zero-order valence-electron chi connectivity index (χ0n) is 15.4. The molecule has 0 N–H and O–H groups in total. The van der Waals surface area contributed by atoms with E-state index in [2.05, 4.69) is 19.1 Å². The van der Waals surface area contributed by atoms with Gasteiger partial charge in [0.25, 0.3) is 10.1 Å². The van der Waals surface area contributed by atoms with Gasteiger partial charge in [-0.3, -0.25) is 4.18 Å². The highest BCUT2D eigenvalue weighted by Crippen LogP contribution is 2.11. The van der Waals surface area contributed by atoms with Crippen LogP contribution >= 0.6 is 0 Å². The minimum Gasteiger partial charge on any atom is -0.270 e. The van der Waals surface area contributed by atoms with E-state index in [1.54, 1.807) is 0 Å². The van der Waals surface area contributed by atoms with Crippen molar-refractivity contribution >= 4 is 10.1 Å². The van der Waals surface area contributed by atoms with Crippen LogP contribution < -0.4 is 0 Å².